The monoisotopic (exact) mass is 488 g/mol. The zero-order valence-corrected chi connectivity index (χ0v) is 20.7. The smallest absolute Gasteiger partial charge is 0.256 e. The van der Waals surface area contributed by atoms with Crippen molar-refractivity contribution in [3.8, 4) is 0 Å². The van der Waals surface area contributed by atoms with E-state index in [9.17, 15) is 9.59 Å². The van der Waals surface area contributed by atoms with Gasteiger partial charge in [0.25, 0.3) is 11.8 Å². The van der Waals surface area contributed by atoms with Crippen LogP contribution in [0, 0.1) is 0 Å². The molecule has 180 valence electrons. The molecule has 2 amide bonds. The normalized spacial score (nSPS) is 17.7. The van der Waals surface area contributed by atoms with Gasteiger partial charge in [0.2, 0.25) is 0 Å². The SMILES string of the molecule is CC(C)N1C(=O)c2ccccc2C1Nc1ccc(C(=O)N2CCN(c3cccc(Cl)c3)CC2)cc1. The van der Waals surface area contributed by atoms with Gasteiger partial charge in [-0.15, -0.1) is 0 Å². The molecule has 35 heavy (non-hydrogen) atoms. The molecule has 0 spiro atoms. The number of amides is 2. The van der Waals surface area contributed by atoms with Crippen LogP contribution in [-0.4, -0.2) is 53.8 Å². The molecule has 1 atom stereocenters. The number of rotatable bonds is 5. The summed E-state index contributed by atoms with van der Waals surface area (Å²) in [5.41, 5.74) is 4.33. The number of hydrogen-bond donors (Lipinski definition) is 1. The van der Waals surface area contributed by atoms with Gasteiger partial charge in [0.15, 0.2) is 0 Å². The van der Waals surface area contributed by atoms with Gasteiger partial charge in [-0.3, -0.25) is 9.59 Å². The number of halogens is 1. The van der Waals surface area contributed by atoms with Gasteiger partial charge in [-0.2, -0.15) is 0 Å². The molecule has 2 heterocycles. The van der Waals surface area contributed by atoms with Crippen LogP contribution in [0.2, 0.25) is 5.02 Å². The Morgan fingerprint density at radius 2 is 1.66 bits per heavy atom. The summed E-state index contributed by atoms with van der Waals surface area (Å²) in [7, 11) is 0. The Bertz CT molecular complexity index is 1240. The van der Waals surface area contributed by atoms with Gasteiger partial charge in [-0.1, -0.05) is 35.9 Å². The molecule has 0 bridgehead atoms. The number of fused-ring (bicyclic) bond motifs is 1. The first-order valence-electron chi connectivity index (χ1n) is 12.0. The molecule has 7 heteroatoms. The van der Waals surface area contributed by atoms with Crippen molar-refractivity contribution in [2.24, 2.45) is 0 Å². The van der Waals surface area contributed by atoms with Crippen LogP contribution in [0.15, 0.2) is 72.8 Å². The van der Waals surface area contributed by atoms with Gasteiger partial charge in [-0.25, -0.2) is 0 Å². The quantitative estimate of drug-likeness (QED) is 0.531. The average molecular weight is 489 g/mol. The van der Waals surface area contributed by atoms with Crippen molar-refractivity contribution in [3.05, 3.63) is 94.5 Å². The molecule has 3 aromatic rings. The molecule has 0 aromatic heterocycles. The van der Waals surface area contributed by atoms with Crippen LogP contribution < -0.4 is 10.2 Å². The molecule has 6 nitrogen and oxygen atoms in total. The fourth-order valence-electron chi connectivity index (χ4n) is 4.91. The second-order valence-corrected chi connectivity index (χ2v) is 9.71. The number of nitrogens with one attached hydrogen (secondary N) is 1. The highest BCUT2D eigenvalue weighted by molar-refractivity contribution is 6.30. The third kappa shape index (κ3) is 4.58. The molecular formula is C28H29ClN4O2. The summed E-state index contributed by atoms with van der Waals surface area (Å²) in [5, 5.41) is 4.21. The predicted molar refractivity (Wildman–Crippen MR) is 140 cm³/mol. The molecule has 0 saturated carbocycles. The highest BCUT2D eigenvalue weighted by atomic mass is 35.5. The Labute approximate surface area is 211 Å². The first-order valence-corrected chi connectivity index (χ1v) is 12.4. The van der Waals surface area contributed by atoms with Crippen molar-refractivity contribution in [3.63, 3.8) is 0 Å². The Kier molecular flexibility index (Phi) is 6.39. The third-order valence-electron chi connectivity index (χ3n) is 6.73. The lowest BCUT2D eigenvalue weighted by molar-refractivity contribution is 0.0684. The van der Waals surface area contributed by atoms with E-state index in [4.69, 9.17) is 11.6 Å². The molecule has 1 unspecified atom stereocenters. The maximum absolute atomic E-state index is 13.1. The second-order valence-electron chi connectivity index (χ2n) is 9.28. The molecular weight excluding hydrogens is 460 g/mol. The molecule has 0 aliphatic carbocycles. The average Bonchev–Trinajstić information content (AvgIpc) is 3.16. The number of hydrogen-bond acceptors (Lipinski definition) is 4. The Balaban J connectivity index is 1.25. The largest absolute Gasteiger partial charge is 0.368 e. The van der Waals surface area contributed by atoms with Crippen molar-refractivity contribution in [1.29, 1.82) is 0 Å². The summed E-state index contributed by atoms with van der Waals surface area (Å²) >= 11 is 6.13. The molecule has 1 N–H and O–H groups in total. The minimum Gasteiger partial charge on any atom is -0.368 e. The lowest BCUT2D eigenvalue weighted by Crippen LogP contribution is -2.48. The van der Waals surface area contributed by atoms with Crippen LogP contribution in [0.3, 0.4) is 0 Å². The first kappa shape index (κ1) is 23.2. The van der Waals surface area contributed by atoms with Crippen LogP contribution in [0.1, 0.15) is 46.3 Å². The van der Waals surface area contributed by atoms with E-state index in [-0.39, 0.29) is 24.0 Å². The number of anilines is 2. The topological polar surface area (TPSA) is 55.9 Å². The Morgan fingerprint density at radius 1 is 0.943 bits per heavy atom. The maximum Gasteiger partial charge on any atom is 0.256 e. The van der Waals surface area contributed by atoms with Crippen LogP contribution >= 0.6 is 11.6 Å². The van der Waals surface area contributed by atoms with E-state index < -0.39 is 0 Å². The van der Waals surface area contributed by atoms with Crippen molar-refractivity contribution in [2.75, 3.05) is 36.4 Å². The van der Waals surface area contributed by atoms with Gasteiger partial charge in [0.05, 0.1) is 0 Å². The van der Waals surface area contributed by atoms with E-state index in [1.54, 1.807) is 0 Å². The highest BCUT2D eigenvalue weighted by Crippen LogP contribution is 2.35. The summed E-state index contributed by atoms with van der Waals surface area (Å²) in [5.74, 6) is 0.0734. The van der Waals surface area contributed by atoms with E-state index in [2.05, 4.69) is 10.2 Å². The highest BCUT2D eigenvalue weighted by Gasteiger charge is 2.37. The standard InChI is InChI=1S/C28H29ClN4O2/c1-19(2)33-26(24-8-3-4-9-25(24)28(33)35)30-22-12-10-20(11-13-22)27(34)32-16-14-31(15-17-32)23-7-5-6-21(29)18-23/h3-13,18-19,26,30H,14-17H2,1-2H3. The van der Waals surface area contributed by atoms with Gasteiger partial charge in [0, 0.05) is 65.3 Å². The maximum atomic E-state index is 13.1. The van der Waals surface area contributed by atoms with Gasteiger partial charge >= 0.3 is 0 Å². The van der Waals surface area contributed by atoms with Crippen LogP contribution in [0.4, 0.5) is 11.4 Å². The second kappa shape index (κ2) is 9.62. The minimum atomic E-state index is -0.236. The van der Waals surface area contributed by atoms with Crippen molar-refractivity contribution in [1.82, 2.24) is 9.80 Å². The van der Waals surface area contributed by atoms with Crippen molar-refractivity contribution >= 4 is 34.8 Å². The fraction of sp³-hybridized carbons (Fsp3) is 0.286. The summed E-state index contributed by atoms with van der Waals surface area (Å²) < 4.78 is 0. The van der Waals surface area contributed by atoms with E-state index >= 15 is 0 Å². The van der Waals surface area contributed by atoms with Crippen LogP contribution in [0.5, 0.6) is 0 Å². The summed E-state index contributed by atoms with van der Waals surface area (Å²) in [6.07, 6.45) is -0.236. The Morgan fingerprint density at radius 3 is 2.34 bits per heavy atom. The fourth-order valence-corrected chi connectivity index (χ4v) is 5.09. The first-order chi connectivity index (χ1) is 16.9. The number of piperazine rings is 1. The van der Waals surface area contributed by atoms with Crippen molar-refractivity contribution in [2.45, 2.75) is 26.1 Å². The molecule has 0 radical (unpaired) electrons. The van der Waals surface area contributed by atoms with E-state index in [0.717, 1.165) is 40.6 Å². The molecule has 1 fully saturated rings. The van der Waals surface area contributed by atoms with E-state index in [1.807, 2.05) is 96.4 Å². The lowest BCUT2D eigenvalue weighted by atomic mass is 10.1. The molecule has 2 aliphatic heterocycles. The van der Waals surface area contributed by atoms with E-state index in [1.165, 1.54) is 0 Å². The van der Waals surface area contributed by atoms with Crippen molar-refractivity contribution < 1.29 is 9.59 Å². The van der Waals surface area contributed by atoms with Crippen LogP contribution in [0.25, 0.3) is 0 Å². The third-order valence-corrected chi connectivity index (χ3v) is 6.97. The minimum absolute atomic E-state index is 0.0347. The molecule has 3 aromatic carbocycles. The van der Waals surface area contributed by atoms with Gasteiger partial charge in [0.1, 0.15) is 6.17 Å². The zero-order chi connectivity index (χ0) is 24.5. The number of carbonyl (C=O) groups is 2. The zero-order valence-electron chi connectivity index (χ0n) is 19.9. The predicted octanol–water partition coefficient (Wildman–Crippen LogP) is 5.28. The van der Waals surface area contributed by atoms with E-state index in [0.29, 0.717) is 18.7 Å². The number of carbonyl (C=O) groups excluding carboxylic acids is 2. The molecule has 1 saturated heterocycles. The summed E-state index contributed by atoms with van der Waals surface area (Å²) in [6, 6.07) is 23.2. The number of nitrogens with zero attached hydrogens (tertiary/aromatic N) is 3. The Hall–Kier alpha value is -3.51. The number of benzene rings is 3. The van der Waals surface area contributed by atoms with Crippen LogP contribution in [-0.2, 0) is 0 Å². The van der Waals surface area contributed by atoms with Gasteiger partial charge in [-0.05, 0) is 62.4 Å². The summed E-state index contributed by atoms with van der Waals surface area (Å²) in [6.45, 7) is 6.90. The molecule has 5 rings (SSSR count). The van der Waals surface area contributed by atoms with Gasteiger partial charge < -0.3 is 20.0 Å². The lowest BCUT2D eigenvalue weighted by Gasteiger charge is -2.36. The summed E-state index contributed by atoms with van der Waals surface area (Å²) in [4.78, 5) is 32.0. The molecule has 2 aliphatic rings.